The molecule has 9 heteroatoms. The molecule has 1 fully saturated rings. The van der Waals surface area contributed by atoms with E-state index in [2.05, 4.69) is 22.4 Å². The molecule has 156 valence electrons. The number of hydrogen-bond acceptors (Lipinski definition) is 7. The van der Waals surface area contributed by atoms with Gasteiger partial charge in [0.2, 0.25) is 11.1 Å². The molecule has 2 heterocycles. The predicted octanol–water partition coefficient (Wildman–Crippen LogP) is 2.96. The molecule has 0 spiro atoms. The summed E-state index contributed by atoms with van der Waals surface area (Å²) in [5.41, 5.74) is 0. The quantitative estimate of drug-likeness (QED) is 0.611. The Morgan fingerprint density at radius 3 is 2.86 bits per heavy atom. The Bertz CT molecular complexity index is 824. The molecule has 1 amide bonds. The van der Waals surface area contributed by atoms with Gasteiger partial charge in [0.1, 0.15) is 6.61 Å². The number of para-hydroxylation sites is 2. The molecule has 1 aliphatic heterocycles. The number of carbonyl (C=O) groups excluding carboxylic acids is 1. The fourth-order valence-corrected chi connectivity index (χ4v) is 4.71. The lowest BCUT2D eigenvalue weighted by atomic mass is 10.2. The normalized spacial score (nSPS) is 18.7. The summed E-state index contributed by atoms with van der Waals surface area (Å²) < 4.78 is 13.7. The van der Waals surface area contributed by atoms with E-state index >= 15 is 0 Å². The summed E-state index contributed by atoms with van der Waals surface area (Å²) in [6.45, 7) is 3.71. The standard InChI is InChI=1S/C20H27N5O3S/c1-2-11-24(12-16-13-27-17-9-5-6-10-18(17)28-16)19(26)14-29-20-21-22-23-25(20)15-7-3-4-8-15/h5-6,9-10,15-16H,2-4,7-8,11-14H2,1H3/t16-/m1/s1. The zero-order chi connectivity index (χ0) is 20.1. The summed E-state index contributed by atoms with van der Waals surface area (Å²) >= 11 is 1.42. The molecular formula is C20H27N5O3S. The second-order valence-electron chi connectivity index (χ2n) is 7.47. The van der Waals surface area contributed by atoms with Gasteiger partial charge < -0.3 is 14.4 Å². The van der Waals surface area contributed by atoms with Gasteiger partial charge in [-0.25, -0.2) is 4.68 Å². The van der Waals surface area contributed by atoms with E-state index in [1.165, 1.54) is 24.6 Å². The van der Waals surface area contributed by atoms with Crippen molar-refractivity contribution in [1.29, 1.82) is 0 Å². The predicted molar refractivity (Wildman–Crippen MR) is 109 cm³/mol. The smallest absolute Gasteiger partial charge is 0.233 e. The molecule has 0 radical (unpaired) electrons. The van der Waals surface area contributed by atoms with Gasteiger partial charge in [-0.3, -0.25) is 4.79 Å². The van der Waals surface area contributed by atoms with Gasteiger partial charge in [-0.2, -0.15) is 0 Å². The molecule has 4 rings (SSSR count). The van der Waals surface area contributed by atoms with Gasteiger partial charge >= 0.3 is 0 Å². The van der Waals surface area contributed by atoms with Crippen LogP contribution in [-0.2, 0) is 4.79 Å². The lowest BCUT2D eigenvalue weighted by molar-refractivity contribution is -0.130. The molecule has 29 heavy (non-hydrogen) atoms. The Labute approximate surface area is 174 Å². The number of thioether (sulfide) groups is 1. The maximum absolute atomic E-state index is 12.9. The van der Waals surface area contributed by atoms with Crippen molar-refractivity contribution in [2.24, 2.45) is 0 Å². The van der Waals surface area contributed by atoms with Gasteiger partial charge in [0, 0.05) is 6.54 Å². The van der Waals surface area contributed by atoms with E-state index < -0.39 is 0 Å². The van der Waals surface area contributed by atoms with Crippen molar-refractivity contribution in [2.45, 2.75) is 56.3 Å². The number of nitrogens with zero attached hydrogens (tertiary/aromatic N) is 5. The number of amides is 1. The van der Waals surface area contributed by atoms with Crippen molar-refractivity contribution in [3.05, 3.63) is 24.3 Å². The van der Waals surface area contributed by atoms with Crippen LogP contribution in [0.3, 0.4) is 0 Å². The Hall–Kier alpha value is -2.29. The van der Waals surface area contributed by atoms with E-state index in [0.29, 0.717) is 31.5 Å². The number of aromatic nitrogens is 4. The van der Waals surface area contributed by atoms with Crippen molar-refractivity contribution < 1.29 is 14.3 Å². The van der Waals surface area contributed by atoms with E-state index in [-0.39, 0.29) is 12.0 Å². The number of fused-ring (bicyclic) bond motifs is 1. The van der Waals surface area contributed by atoms with Crippen LogP contribution in [0.15, 0.2) is 29.4 Å². The van der Waals surface area contributed by atoms with Gasteiger partial charge in [0.15, 0.2) is 17.6 Å². The minimum atomic E-state index is -0.172. The highest BCUT2D eigenvalue weighted by molar-refractivity contribution is 7.99. The third-order valence-corrected chi connectivity index (χ3v) is 6.21. The van der Waals surface area contributed by atoms with E-state index in [4.69, 9.17) is 9.47 Å². The maximum Gasteiger partial charge on any atom is 0.233 e. The van der Waals surface area contributed by atoms with Gasteiger partial charge in [-0.05, 0) is 41.8 Å². The molecule has 0 N–H and O–H groups in total. The van der Waals surface area contributed by atoms with Crippen LogP contribution < -0.4 is 9.47 Å². The summed E-state index contributed by atoms with van der Waals surface area (Å²) in [4.78, 5) is 14.8. The van der Waals surface area contributed by atoms with Crippen molar-refractivity contribution in [3.8, 4) is 11.5 Å². The Morgan fingerprint density at radius 2 is 2.07 bits per heavy atom. The van der Waals surface area contributed by atoms with Gasteiger partial charge in [-0.15, -0.1) is 5.10 Å². The molecule has 0 saturated heterocycles. The third-order valence-electron chi connectivity index (χ3n) is 5.30. The summed E-state index contributed by atoms with van der Waals surface area (Å²) in [7, 11) is 0. The van der Waals surface area contributed by atoms with Crippen LogP contribution in [0.25, 0.3) is 0 Å². The van der Waals surface area contributed by atoms with Gasteiger partial charge in [-0.1, -0.05) is 43.7 Å². The van der Waals surface area contributed by atoms with Crippen molar-refractivity contribution in [2.75, 3.05) is 25.4 Å². The van der Waals surface area contributed by atoms with Crippen molar-refractivity contribution in [1.82, 2.24) is 25.1 Å². The summed E-state index contributed by atoms with van der Waals surface area (Å²) in [6, 6.07) is 8.00. The highest BCUT2D eigenvalue weighted by Gasteiger charge is 2.26. The van der Waals surface area contributed by atoms with Crippen LogP contribution in [0.1, 0.15) is 45.1 Å². The fourth-order valence-electron chi connectivity index (χ4n) is 3.86. The summed E-state index contributed by atoms with van der Waals surface area (Å²) in [5, 5.41) is 12.8. The van der Waals surface area contributed by atoms with Gasteiger partial charge in [0.05, 0.1) is 18.3 Å². The number of hydrogen-bond donors (Lipinski definition) is 0. The molecule has 0 bridgehead atoms. The monoisotopic (exact) mass is 417 g/mol. The van der Waals surface area contributed by atoms with Crippen LogP contribution in [-0.4, -0.2) is 62.6 Å². The second kappa shape index (κ2) is 9.47. The zero-order valence-corrected chi connectivity index (χ0v) is 17.5. The Kier molecular flexibility index (Phi) is 6.53. The minimum Gasteiger partial charge on any atom is -0.486 e. The highest BCUT2D eigenvalue weighted by atomic mass is 32.2. The molecule has 2 aliphatic rings. The molecule has 1 aliphatic carbocycles. The first kappa shape index (κ1) is 20.0. The van der Waals surface area contributed by atoms with Crippen LogP contribution in [0.4, 0.5) is 0 Å². The Morgan fingerprint density at radius 1 is 1.28 bits per heavy atom. The molecular weight excluding hydrogens is 390 g/mol. The lowest BCUT2D eigenvalue weighted by Gasteiger charge is -2.31. The zero-order valence-electron chi connectivity index (χ0n) is 16.7. The summed E-state index contributed by atoms with van der Waals surface area (Å²) in [6.07, 6.45) is 5.35. The fraction of sp³-hybridized carbons (Fsp3) is 0.600. The molecule has 1 aromatic heterocycles. The number of carbonyl (C=O) groups is 1. The molecule has 1 atom stereocenters. The highest BCUT2D eigenvalue weighted by Crippen LogP contribution is 2.32. The topological polar surface area (TPSA) is 82.4 Å². The molecule has 2 aromatic rings. The number of tetrazole rings is 1. The second-order valence-corrected chi connectivity index (χ2v) is 8.41. The Balaban J connectivity index is 1.34. The first-order valence-corrected chi connectivity index (χ1v) is 11.3. The number of benzene rings is 1. The number of rotatable bonds is 8. The maximum atomic E-state index is 12.9. The van der Waals surface area contributed by atoms with E-state index in [9.17, 15) is 4.79 Å². The average Bonchev–Trinajstić information content (AvgIpc) is 3.43. The lowest BCUT2D eigenvalue weighted by Crippen LogP contribution is -2.44. The number of ether oxygens (including phenoxy) is 2. The first-order chi connectivity index (χ1) is 14.2. The minimum absolute atomic E-state index is 0.0697. The molecule has 1 saturated carbocycles. The molecule has 8 nitrogen and oxygen atoms in total. The third kappa shape index (κ3) is 4.83. The largest absolute Gasteiger partial charge is 0.486 e. The first-order valence-electron chi connectivity index (χ1n) is 10.3. The molecule has 0 unspecified atom stereocenters. The van der Waals surface area contributed by atoms with Crippen LogP contribution in [0.5, 0.6) is 11.5 Å². The summed E-state index contributed by atoms with van der Waals surface area (Å²) in [5.74, 6) is 1.88. The molecule has 1 aromatic carbocycles. The SMILES string of the molecule is CCCN(C[C@@H]1COc2ccccc2O1)C(=O)CSc1nnnn1C1CCCC1. The van der Waals surface area contributed by atoms with E-state index in [1.807, 2.05) is 33.8 Å². The van der Waals surface area contributed by atoms with Crippen LogP contribution >= 0.6 is 11.8 Å². The van der Waals surface area contributed by atoms with Crippen molar-refractivity contribution in [3.63, 3.8) is 0 Å². The van der Waals surface area contributed by atoms with Gasteiger partial charge in [0.25, 0.3) is 0 Å². The van der Waals surface area contributed by atoms with Crippen LogP contribution in [0, 0.1) is 0 Å². The van der Waals surface area contributed by atoms with E-state index in [0.717, 1.165) is 35.9 Å². The van der Waals surface area contributed by atoms with Crippen LogP contribution in [0.2, 0.25) is 0 Å². The van der Waals surface area contributed by atoms with E-state index in [1.54, 1.807) is 0 Å². The average molecular weight is 418 g/mol. The van der Waals surface area contributed by atoms with Crippen molar-refractivity contribution >= 4 is 17.7 Å².